The number of nitrogens with one attached hydrogen (secondary N) is 1. The van der Waals surface area contributed by atoms with Gasteiger partial charge in [-0.2, -0.15) is 0 Å². The van der Waals surface area contributed by atoms with Crippen LogP contribution in [0, 0.1) is 18.8 Å². The van der Waals surface area contributed by atoms with E-state index >= 15 is 0 Å². The number of hydrogen-bond acceptors (Lipinski definition) is 4. The van der Waals surface area contributed by atoms with Gasteiger partial charge in [0, 0.05) is 19.5 Å². The second-order valence-corrected chi connectivity index (χ2v) is 13.7. The zero-order valence-corrected chi connectivity index (χ0v) is 23.1. The van der Waals surface area contributed by atoms with Gasteiger partial charge < -0.3 is 11.1 Å². The van der Waals surface area contributed by atoms with Crippen LogP contribution in [0.5, 0.6) is 0 Å². The Morgan fingerprint density at radius 2 is 1.35 bits per heavy atom. The van der Waals surface area contributed by atoms with Gasteiger partial charge in [-0.15, -0.1) is 22.7 Å². The summed E-state index contributed by atoms with van der Waals surface area (Å²) >= 11 is 4.39. The first-order chi connectivity index (χ1) is 16.7. The lowest BCUT2D eigenvalue weighted by Crippen LogP contribution is -2.33. The molecule has 1 atom stereocenters. The predicted octanol–water partition coefficient (Wildman–Crippen LogP) is 6.95. The van der Waals surface area contributed by atoms with Crippen molar-refractivity contribution >= 4 is 22.7 Å². The fraction of sp³-hybridized carbons (Fsp3) is 0.733. The highest BCUT2D eigenvalue weighted by Gasteiger charge is 2.30. The number of fused-ring (bicyclic) bond motifs is 2. The Bertz CT molecular complexity index is 934. The zero-order valence-electron chi connectivity index (χ0n) is 21.5. The van der Waals surface area contributed by atoms with Gasteiger partial charge in [0.2, 0.25) is 0 Å². The summed E-state index contributed by atoms with van der Waals surface area (Å²) in [4.78, 5) is 6.93. The van der Waals surface area contributed by atoms with Crippen molar-refractivity contribution in [3.8, 4) is 0 Å². The Morgan fingerprint density at radius 3 is 2.03 bits per heavy atom. The molecule has 0 amide bonds. The average molecular weight is 499 g/mol. The third kappa shape index (κ3) is 5.66. The summed E-state index contributed by atoms with van der Waals surface area (Å²) in [5.74, 6) is 1.71. The molecule has 0 saturated carbocycles. The molecule has 1 aliphatic heterocycles. The Hall–Kier alpha value is -0.680. The molecule has 0 bridgehead atoms. The molecule has 3 N–H and O–H groups in total. The van der Waals surface area contributed by atoms with Crippen LogP contribution in [0.1, 0.15) is 99.5 Å². The highest BCUT2D eigenvalue weighted by atomic mass is 32.1. The van der Waals surface area contributed by atoms with Crippen molar-refractivity contribution in [3.05, 3.63) is 41.8 Å². The second kappa shape index (κ2) is 12.0. The summed E-state index contributed by atoms with van der Waals surface area (Å²) in [6.45, 7) is 5.68. The van der Waals surface area contributed by atoms with Gasteiger partial charge in [-0.05, 0) is 157 Å². The van der Waals surface area contributed by atoms with Crippen molar-refractivity contribution in [2.75, 3.05) is 19.6 Å². The van der Waals surface area contributed by atoms with Gasteiger partial charge in [0.15, 0.2) is 0 Å². The van der Waals surface area contributed by atoms with Crippen LogP contribution in [-0.4, -0.2) is 19.6 Å². The number of unbranched alkanes of at least 4 members (excludes halogenated alkanes) is 2. The lowest BCUT2D eigenvalue weighted by molar-refractivity contribution is 0.256. The molecule has 5 rings (SSSR count). The summed E-state index contributed by atoms with van der Waals surface area (Å²) in [5.41, 5.74) is 12.9. The average Bonchev–Trinajstić information content (AvgIpc) is 3.39. The maximum absolute atomic E-state index is 5.75. The zero-order chi connectivity index (χ0) is 23.3. The van der Waals surface area contributed by atoms with Crippen molar-refractivity contribution in [1.82, 2.24) is 5.32 Å². The molecular weight excluding hydrogens is 452 g/mol. The maximum Gasteiger partial charge on any atom is 0.00859 e. The Kier molecular flexibility index (Phi) is 8.85. The van der Waals surface area contributed by atoms with Gasteiger partial charge in [0.1, 0.15) is 0 Å². The maximum atomic E-state index is 5.75. The molecule has 3 heterocycles. The minimum absolute atomic E-state index is 0.820. The van der Waals surface area contributed by atoms with E-state index in [0.717, 1.165) is 18.4 Å². The molecule has 0 radical (unpaired) electrons. The van der Waals surface area contributed by atoms with E-state index in [9.17, 15) is 0 Å². The van der Waals surface area contributed by atoms with E-state index in [1.807, 2.05) is 0 Å². The van der Waals surface area contributed by atoms with Gasteiger partial charge >= 0.3 is 0 Å². The molecule has 1 fully saturated rings. The molecule has 1 saturated heterocycles. The summed E-state index contributed by atoms with van der Waals surface area (Å²) < 4.78 is 0. The van der Waals surface area contributed by atoms with Crippen molar-refractivity contribution in [2.45, 2.75) is 110 Å². The highest BCUT2D eigenvalue weighted by molar-refractivity contribution is 7.12. The van der Waals surface area contributed by atoms with Crippen LogP contribution >= 0.6 is 22.7 Å². The summed E-state index contributed by atoms with van der Waals surface area (Å²) in [6.07, 6.45) is 21.5. The van der Waals surface area contributed by atoms with Crippen LogP contribution in [0.15, 0.2) is 0 Å². The first-order valence-electron chi connectivity index (χ1n) is 14.4. The lowest BCUT2D eigenvalue weighted by Gasteiger charge is -2.31. The molecule has 3 aliphatic rings. The van der Waals surface area contributed by atoms with Gasteiger partial charge in [0.25, 0.3) is 0 Å². The van der Waals surface area contributed by atoms with E-state index in [1.165, 1.54) is 116 Å². The first-order valence-corrected chi connectivity index (χ1v) is 16.0. The van der Waals surface area contributed by atoms with Gasteiger partial charge in [0.05, 0.1) is 0 Å². The molecule has 2 aromatic rings. The Morgan fingerprint density at radius 1 is 0.765 bits per heavy atom. The normalized spacial score (nSPS) is 19.7. The van der Waals surface area contributed by atoms with Crippen molar-refractivity contribution < 1.29 is 0 Å². The van der Waals surface area contributed by atoms with Gasteiger partial charge in [-0.25, -0.2) is 0 Å². The van der Waals surface area contributed by atoms with E-state index in [2.05, 4.69) is 34.9 Å². The topological polar surface area (TPSA) is 38.0 Å². The van der Waals surface area contributed by atoms with E-state index in [4.69, 9.17) is 5.73 Å². The van der Waals surface area contributed by atoms with Gasteiger partial charge in [-0.1, -0.05) is 6.42 Å². The molecule has 4 heteroatoms. The molecule has 2 aliphatic carbocycles. The monoisotopic (exact) mass is 498 g/mol. The summed E-state index contributed by atoms with van der Waals surface area (Å²) in [5, 5.41) is 3.64. The van der Waals surface area contributed by atoms with Crippen LogP contribution < -0.4 is 11.1 Å². The van der Waals surface area contributed by atoms with E-state index in [1.54, 1.807) is 41.8 Å². The SMILES string of the molecule is Cc1sc(CC(Cc2sc(CCCCCN)c3c2CCCC3)C2CCNCC2)c2c1CCCC2. The van der Waals surface area contributed by atoms with Crippen molar-refractivity contribution in [2.24, 2.45) is 17.6 Å². The third-order valence-corrected chi connectivity index (χ3v) is 11.5. The second-order valence-electron chi connectivity index (χ2n) is 11.2. The Labute approximate surface area is 216 Å². The number of nitrogens with two attached hydrogens (primary N) is 1. The van der Waals surface area contributed by atoms with Gasteiger partial charge in [-0.3, -0.25) is 0 Å². The van der Waals surface area contributed by atoms with Crippen LogP contribution in [0.3, 0.4) is 0 Å². The summed E-state index contributed by atoms with van der Waals surface area (Å²) in [6, 6.07) is 0. The molecule has 2 nitrogen and oxygen atoms in total. The van der Waals surface area contributed by atoms with Crippen LogP contribution in [0.4, 0.5) is 0 Å². The predicted molar refractivity (Wildman–Crippen MR) is 150 cm³/mol. The quantitative estimate of drug-likeness (QED) is 0.348. The van der Waals surface area contributed by atoms with Crippen LogP contribution in [0.25, 0.3) is 0 Å². The van der Waals surface area contributed by atoms with Crippen molar-refractivity contribution in [1.29, 1.82) is 0 Å². The molecule has 188 valence electrons. The third-order valence-electron chi connectivity index (χ3n) is 8.95. The number of rotatable bonds is 10. The largest absolute Gasteiger partial charge is 0.330 e. The molecule has 0 spiro atoms. The number of piperidine rings is 1. The number of thiophene rings is 2. The standard InChI is InChI=1S/C30H46N2S2/c1-21-24-9-4-5-10-25(24)29(33-21)19-23(22-14-17-32-18-15-22)20-30-27-12-7-6-11-26(27)28(34-30)13-3-2-8-16-31/h22-23,32H,2-20,31H2,1H3. The van der Waals surface area contributed by atoms with E-state index in [-0.39, 0.29) is 0 Å². The molecule has 2 aromatic heterocycles. The summed E-state index contributed by atoms with van der Waals surface area (Å²) in [7, 11) is 0. The van der Waals surface area contributed by atoms with Crippen LogP contribution in [0.2, 0.25) is 0 Å². The molecule has 34 heavy (non-hydrogen) atoms. The molecular formula is C30H46N2S2. The minimum atomic E-state index is 0.820. The minimum Gasteiger partial charge on any atom is -0.330 e. The number of hydrogen-bond donors (Lipinski definition) is 2. The van der Waals surface area contributed by atoms with Crippen LogP contribution in [-0.2, 0) is 44.9 Å². The fourth-order valence-electron chi connectivity index (χ4n) is 7.04. The van der Waals surface area contributed by atoms with Crippen molar-refractivity contribution in [3.63, 3.8) is 0 Å². The van der Waals surface area contributed by atoms with E-state index in [0.29, 0.717) is 0 Å². The van der Waals surface area contributed by atoms with E-state index < -0.39 is 0 Å². The number of aryl methyl sites for hydroxylation is 2. The first kappa shape index (κ1) is 25.0. The molecule has 1 unspecified atom stereocenters. The molecule has 0 aromatic carbocycles. The highest BCUT2D eigenvalue weighted by Crippen LogP contribution is 2.41. The lowest BCUT2D eigenvalue weighted by atomic mass is 9.78. The smallest absolute Gasteiger partial charge is 0.00859 e. The Balaban J connectivity index is 1.39. The fourth-order valence-corrected chi connectivity index (χ4v) is 9.94.